The van der Waals surface area contributed by atoms with Gasteiger partial charge < -0.3 is 10.2 Å². The molecule has 0 radical (unpaired) electrons. The number of rotatable bonds is 7. The number of benzene rings is 1. The lowest BCUT2D eigenvalue weighted by molar-refractivity contribution is -0.117. The summed E-state index contributed by atoms with van der Waals surface area (Å²) >= 11 is 1.33. The predicted octanol–water partition coefficient (Wildman–Crippen LogP) is 5.03. The summed E-state index contributed by atoms with van der Waals surface area (Å²) in [6, 6.07) is 11.6. The molecule has 6 heteroatoms. The van der Waals surface area contributed by atoms with Gasteiger partial charge >= 0.3 is 0 Å². The smallest absolute Gasteiger partial charge is 0.263 e. The fraction of sp³-hybridized carbons (Fsp3) is 0.480. The molecule has 1 saturated heterocycles. The Balaban J connectivity index is 1.29. The third-order valence-corrected chi connectivity index (χ3v) is 7.04. The number of likely N-dealkylation sites (tertiary alicyclic amines) is 1. The van der Waals surface area contributed by atoms with Crippen LogP contribution in [-0.4, -0.2) is 35.6 Å². The lowest BCUT2D eigenvalue weighted by Crippen LogP contribution is -2.40. The van der Waals surface area contributed by atoms with Gasteiger partial charge in [0.2, 0.25) is 5.91 Å². The molecule has 0 atom stereocenters. The van der Waals surface area contributed by atoms with E-state index < -0.39 is 0 Å². The fourth-order valence-corrected chi connectivity index (χ4v) is 4.98. The van der Waals surface area contributed by atoms with Crippen molar-refractivity contribution in [3.05, 3.63) is 52.4 Å². The van der Waals surface area contributed by atoms with Gasteiger partial charge in [-0.05, 0) is 55.7 Å². The van der Waals surface area contributed by atoms with Crippen LogP contribution >= 0.6 is 11.3 Å². The average molecular weight is 439 g/mol. The molecule has 2 fully saturated rings. The highest BCUT2D eigenvalue weighted by Gasteiger charge is 2.31. The summed E-state index contributed by atoms with van der Waals surface area (Å²) in [6.45, 7) is 5.55. The standard InChI is InChI=1S/C25H30N2O3S/c1-16(2)15-17-3-5-18(6-4-17)23(28)19-11-13-27(14-12-19)25(30)21-9-10-22(31-21)26-24(29)20-7-8-20/h3-6,9-10,16,19-20H,7-8,11-15H2,1-2H3,(H,26,29). The molecule has 1 aliphatic carbocycles. The summed E-state index contributed by atoms with van der Waals surface area (Å²) in [4.78, 5) is 40.1. The van der Waals surface area contributed by atoms with Gasteiger partial charge in [-0.15, -0.1) is 11.3 Å². The van der Waals surface area contributed by atoms with Crippen LogP contribution in [0.4, 0.5) is 5.00 Å². The summed E-state index contributed by atoms with van der Waals surface area (Å²) in [5.74, 6) is 0.931. The number of Topliss-reactive ketones (excluding diaryl/α,β-unsaturated/α-hetero) is 1. The van der Waals surface area contributed by atoms with Crippen molar-refractivity contribution in [2.75, 3.05) is 18.4 Å². The third-order valence-electron chi connectivity index (χ3n) is 6.05. The number of ketones is 1. The summed E-state index contributed by atoms with van der Waals surface area (Å²) < 4.78 is 0. The Morgan fingerprint density at radius 1 is 0.968 bits per heavy atom. The molecule has 1 saturated carbocycles. The number of nitrogens with zero attached hydrogens (tertiary/aromatic N) is 1. The number of hydrogen-bond acceptors (Lipinski definition) is 4. The quantitative estimate of drug-likeness (QED) is 0.617. The van der Waals surface area contributed by atoms with E-state index >= 15 is 0 Å². The molecule has 5 nitrogen and oxygen atoms in total. The van der Waals surface area contributed by atoms with Crippen molar-refractivity contribution < 1.29 is 14.4 Å². The highest BCUT2D eigenvalue weighted by Crippen LogP contribution is 2.32. The van der Waals surface area contributed by atoms with Crippen LogP contribution in [-0.2, 0) is 11.2 Å². The number of anilines is 1. The van der Waals surface area contributed by atoms with Gasteiger partial charge in [-0.2, -0.15) is 0 Å². The number of thiophene rings is 1. The van der Waals surface area contributed by atoms with Crippen LogP contribution in [0.5, 0.6) is 0 Å². The van der Waals surface area contributed by atoms with Crippen molar-refractivity contribution in [1.82, 2.24) is 4.90 Å². The van der Waals surface area contributed by atoms with Crippen molar-refractivity contribution in [1.29, 1.82) is 0 Å². The summed E-state index contributed by atoms with van der Waals surface area (Å²) in [7, 11) is 0. The Morgan fingerprint density at radius 3 is 2.26 bits per heavy atom. The van der Waals surface area contributed by atoms with Crippen molar-refractivity contribution >= 4 is 33.9 Å². The molecule has 164 valence electrons. The van der Waals surface area contributed by atoms with Gasteiger partial charge in [-0.25, -0.2) is 0 Å². The Hall–Kier alpha value is -2.47. The Bertz CT molecular complexity index is 951. The van der Waals surface area contributed by atoms with E-state index in [1.807, 2.05) is 17.0 Å². The average Bonchev–Trinajstić information content (AvgIpc) is 3.52. The van der Waals surface area contributed by atoms with E-state index in [9.17, 15) is 14.4 Å². The fourth-order valence-electron chi connectivity index (χ4n) is 4.10. The van der Waals surface area contributed by atoms with Crippen LogP contribution in [0, 0.1) is 17.8 Å². The number of carbonyl (C=O) groups is 3. The molecule has 0 bridgehead atoms. The van der Waals surface area contributed by atoms with E-state index in [2.05, 4.69) is 31.3 Å². The highest BCUT2D eigenvalue weighted by molar-refractivity contribution is 7.18. The first-order chi connectivity index (χ1) is 14.9. The minimum absolute atomic E-state index is 0.0131. The number of hydrogen-bond donors (Lipinski definition) is 1. The normalized spacial score (nSPS) is 17.1. The van der Waals surface area contributed by atoms with Gasteiger partial charge in [0.05, 0.1) is 9.88 Å². The summed E-state index contributed by atoms with van der Waals surface area (Å²) in [5, 5.41) is 3.63. The molecule has 31 heavy (non-hydrogen) atoms. The van der Waals surface area contributed by atoms with Crippen LogP contribution in [0.25, 0.3) is 0 Å². The Labute approximate surface area is 187 Å². The highest BCUT2D eigenvalue weighted by atomic mass is 32.1. The molecule has 0 spiro atoms. The summed E-state index contributed by atoms with van der Waals surface area (Å²) in [5.41, 5.74) is 2.03. The largest absolute Gasteiger partial charge is 0.338 e. The first-order valence-electron chi connectivity index (χ1n) is 11.2. The summed E-state index contributed by atoms with van der Waals surface area (Å²) in [6.07, 6.45) is 4.31. The molecule has 2 aliphatic rings. The zero-order valence-corrected chi connectivity index (χ0v) is 19.0. The second-order valence-corrected chi connectivity index (χ2v) is 10.2. The van der Waals surface area contributed by atoms with E-state index in [4.69, 9.17) is 0 Å². The number of carbonyl (C=O) groups excluding carboxylic acids is 3. The zero-order chi connectivity index (χ0) is 22.0. The molecule has 1 aromatic carbocycles. The van der Waals surface area contributed by atoms with Gasteiger partial charge in [-0.1, -0.05) is 38.1 Å². The van der Waals surface area contributed by atoms with Crippen LogP contribution < -0.4 is 5.32 Å². The van der Waals surface area contributed by atoms with Gasteiger partial charge in [-0.3, -0.25) is 14.4 Å². The topological polar surface area (TPSA) is 66.5 Å². The first-order valence-corrected chi connectivity index (χ1v) is 12.1. The van der Waals surface area contributed by atoms with E-state index in [-0.39, 0.29) is 29.4 Å². The molecule has 2 amide bonds. The maximum atomic E-state index is 12.9. The van der Waals surface area contributed by atoms with Gasteiger partial charge in [0, 0.05) is 30.5 Å². The molecule has 1 N–H and O–H groups in total. The van der Waals surface area contributed by atoms with Crippen LogP contribution in [0.15, 0.2) is 36.4 Å². The molecule has 4 rings (SSSR count). The molecule has 2 heterocycles. The maximum absolute atomic E-state index is 12.9. The molecule has 1 aliphatic heterocycles. The van der Waals surface area contributed by atoms with Crippen LogP contribution in [0.1, 0.15) is 65.1 Å². The Morgan fingerprint density at radius 2 is 1.65 bits per heavy atom. The van der Waals surface area contributed by atoms with Crippen molar-refractivity contribution in [2.24, 2.45) is 17.8 Å². The monoisotopic (exact) mass is 438 g/mol. The second kappa shape index (κ2) is 9.35. The third kappa shape index (κ3) is 5.42. The lowest BCUT2D eigenvalue weighted by atomic mass is 9.88. The predicted molar refractivity (Wildman–Crippen MR) is 124 cm³/mol. The SMILES string of the molecule is CC(C)Cc1ccc(C(=O)C2CCN(C(=O)c3ccc(NC(=O)C4CC4)s3)CC2)cc1. The van der Waals surface area contributed by atoms with Crippen molar-refractivity contribution in [3.63, 3.8) is 0 Å². The van der Waals surface area contributed by atoms with Gasteiger partial charge in [0.25, 0.3) is 5.91 Å². The molecule has 2 aromatic rings. The molecular weight excluding hydrogens is 408 g/mol. The van der Waals surface area contributed by atoms with E-state index in [0.717, 1.165) is 29.8 Å². The number of piperidine rings is 1. The van der Waals surface area contributed by atoms with E-state index in [1.54, 1.807) is 12.1 Å². The number of amides is 2. The van der Waals surface area contributed by atoms with Crippen LogP contribution in [0.2, 0.25) is 0 Å². The molecule has 1 aromatic heterocycles. The van der Waals surface area contributed by atoms with Crippen molar-refractivity contribution in [2.45, 2.75) is 46.0 Å². The molecular formula is C25H30N2O3S. The zero-order valence-electron chi connectivity index (χ0n) is 18.2. The minimum atomic E-state index is -0.0308. The van der Waals surface area contributed by atoms with Crippen molar-refractivity contribution in [3.8, 4) is 0 Å². The minimum Gasteiger partial charge on any atom is -0.338 e. The maximum Gasteiger partial charge on any atom is 0.263 e. The van der Waals surface area contributed by atoms with Gasteiger partial charge in [0.1, 0.15) is 0 Å². The second-order valence-electron chi connectivity index (χ2n) is 9.15. The van der Waals surface area contributed by atoms with Gasteiger partial charge in [0.15, 0.2) is 5.78 Å². The molecule has 0 unspecified atom stereocenters. The van der Waals surface area contributed by atoms with E-state index in [0.29, 0.717) is 36.7 Å². The lowest BCUT2D eigenvalue weighted by Gasteiger charge is -2.31. The number of nitrogens with one attached hydrogen (secondary N) is 1. The van der Waals surface area contributed by atoms with Crippen LogP contribution in [0.3, 0.4) is 0 Å². The first kappa shape index (κ1) is 21.8. The van der Waals surface area contributed by atoms with E-state index in [1.165, 1.54) is 16.9 Å². The Kier molecular flexibility index (Phi) is 6.56.